The molecule has 2 nitrogen and oxygen atoms in total. The minimum Gasteiger partial charge on any atom is -0.823 e. The first-order valence-electron chi connectivity index (χ1n) is 5.80. The summed E-state index contributed by atoms with van der Waals surface area (Å²) < 4.78 is 5.20. The fraction of sp³-hybridized carbons (Fsp3) is 0.462. The summed E-state index contributed by atoms with van der Waals surface area (Å²) >= 11 is 6.08. The molecule has 0 bridgehead atoms. The Kier molecular flexibility index (Phi) is 4.44. The summed E-state index contributed by atoms with van der Waals surface area (Å²) in [6.07, 6.45) is 4.79. The topological polar surface area (TPSA) is 32.3 Å². The number of rotatable bonds is 3. The van der Waals surface area contributed by atoms with Gasteiger partial charge in [-0.3, -0.25) is 0 Å². The van der Waals surface area contributed by atoms with Gasteiger partial charge in [-0.25, -0.2) is 0 Å². The Hall–Kier alpha value is -0.560. The molecular weight excluding hydrogens is 255 g/mol. The van der Waals surface area contributed by atoms with Crippen LogP contribution in [0.4, 0.5) is 0 Å². The van der Waals surface area contributed by atoms with Gasteiger partial charge in [0.05, 0.1) is 12.1 Å². The van der Waals surface area contributed by atoms with E-state index in [-0.39, 0.29) is 5.48 Å². The second-order valence-electron chi connectivity index (χ2n) is 4.19. The third-order valence-corrected chi connectivity index (χ3v) is 4.69. The van der Waals surface area contributed by atoms with Crippen LogP contribution in [0.5, 0.6) is 5.75 Å². The average molecular weight is 270 g/mol. The van der Waals surface area contributed by atoms with Crippen LogP contribution in [-0.4, -0.2) is 18.2 Å². The van der Waals surface area contributed by atoms with Crippen LogP contribution in [0.2, 0.25) is 5.02 Å². The number of benzene rings is 1. The van der Waals surface area contributed by atoms with E-state index < -0.39 is 0 Å². The molecule has 0 saturated heterocycles. The first-order chi connectivity index (χ1) is 8.22. The highest BCUT2D eigenvalue weighted by Gasteiger charge is 2.14. The molecule has 0 aliphatic heterocycles. The van der Waals surface area contributed by atoms with Crippen molar-refractivity contribution < 1.29 is 9.84 Å². The third kappa shape index (κ3) is 3.01. The van der Waals surface area contributed by atoms with E-state index in [4.69, 9.17) is 16.3 Å². The van der Waals surface area contributed by atoms with Crippen molar-refractivity contribution in [3.63, 3.8) is 0 Å². The van der Waals surface area contributed by atoms with E-state index in [1.807, 2.05) is 0 Å². The van der Waals surface area contributed by atoms with Crippen molar-refractivity contribution in [1.29, 1.82) is 0 Å². The molecule has 92 valence electrons. The van der Waals surface area contributed by atoms with E-state index in [9.17, 15) is 5.11 Å². The molecule has 1 saturated carbocycles. The van der Waals surface area contributed by atoms with E-state index in [0.29, 0.717) is 22.0 Å². The quantitative estimate of drug-likeness (QED) is 0.790. The lowest BCUT2D eigenvalue weighted by atomic mass is 10.2. The van der Waals surface area contributed by atoms with Crippen LogP contribution in [0.1, 0.15) is 31.2 Å². The van der Waals surface area contributed by atoms with Crippen molar-refractivity contribution in [2.45, 2.75) is 31.3 Å². The SMILES string of the molecule is COc1cccc(Cl)c1C([O-])=PC1CCCC1. The maximum atomic E-state index is 12.2. The summed E-state index contributed by atoms with van der Waals surface area (Å²) in [5, 5.41) is 12.7. The Labute approximate surface area is 108 Å². The third-order valence-electron chi connectivity index (χ3n) is 3.03. The lowest BCUT2D eigenvalue weighted by molar-refractivity contribution is -0.207. The molecule has 1 aromatic carbocycles. The standard InChI is InChI=1S/C13H16ClO2P/c1-16-11-8-4-7-10(14)12(11)13(15)17-9-5-2-3-6-9/h4,7-9,15H,2-3,5-6H2,1H3/p-1. The zero-order valence-electron chi connectivity index (χ0n) is 9.78. The minimum atomic E-state index is 0.0827. The van der Waals surface area contributed by atoms with Crippen molar-refractivity contribution >= 4 is 25.3 Å². The first-order valence-corrected chi connectivity index (χ1v) is 7.14. The Morgan fingerprint density at radius 3 is 2.76 bits per heavy atom. The van der Waals surface area contributed by atoms with Crippen molar-refractivity contribution in [3.05, 3.63) is 28.8 Å². The Bertz CT molecular complexity index is 425. The van der Waals surface area contributed by atoms with Crippen LogP contribution >= 0.6 is 19.8 Å². The van der Waals surface area contributed by atoms with Crippen LogP contribution in [0.3, 0.4) is 0 Å². The maximum Gasteiger partial charge on any atom is 0.126 e. The van der Waals surface area contributed by atoms with Gasteiger partial charge >= 0.3 is 0 Å². The van der Waals surface area contributed by atoms with Gasteiger partial charge in [-0.1, -0.05) is 30.5 Å². The van der Waals surface area contributed by atoms with Crippen LogP contribution < -0.4 is 9.84 Å². The number of halogens is 1. The van der Waals surface area contributed by atoms with Gasteiger partial charge in [-0.15, -0.1) is 13.7 Å². The van der Waals surface area contributed by atoms with Gasteiger partial charge in [0.25, 0.3) is 0 Å². The monoisotopic (exact) mass is 269 g/mol. The van der Waals surface area contributed by atoms with Crippen LogP contribution in [0, 0.1) is 0 Å². The van der Waals surface area contributed by atoms with Gasteiger partial charge < -0.3 is 9.84 Å². The normalized spacial score (nSPS) is 17.5. The molecule has 0 N–H and O–H groups in total. The summed E-state index contributed by atoms with van der Waals surface area (Å²) in [5.41, 5.74) is 1.12. The molecule has 1 aliphatic carbocycles. The number of methoxy groups -OCH3 is 1. The highest BCUT2D eigenvalue weighted by molar-refractivity contribution is 7.41. The predicted octanol–water partition coefficient (Wildman–Crippen LogP) is 3.08. The number of hydrogen-bond donors (Lipinski definition) is 0. The van der Waals surface area contributed by atoms with Crippen LogP contribution in [0.25, 0.3) is 0 Å². The van der Waals surface area contributed by atoms with E-state index in [1.54, 1.807) is 25.3 Å². The zero-order chi connectivity index (χ0) is 12.3. The van der Waals surface area contributed by atoms with Gasteiger partial charge in [0.15, 0.2) is 0 Å². The molecule has 0 radical (unpaired) electrons. The molecule has 17 heavy (non-hydrogen) atoms. The Morgan fingerprint density at radius 2 is 2.12 bits per heavy atom. The number of hydrogen-bond acceptors (Lipinski definition) is 2. The predicted molar refractivity (Wildman–Crippen MR) is 71.3 cm³/mol. The maximum absolute atomic E-state index is 12.2. The van der Waals surface area contributed by atoms with Crippen molar-refractivity contribution in [2.75, 3.05) is 7.11 Å². The lowest BCUT2D eigenvalue weighted by Crippen LogP contribution is -2.19. The van der Waals surface area contributed by atoms with E-state index in [1.165, 1.54) is 12.8 Å². The van der Waals surface area contributed by atoms with Gasteiger partial charge in [-0.2, -0.15) is 0 Å². The fourth-order valence-electron chi connectivity index (χ4n) is 2.15. The smallest absolute Gasteiger partial charge is 0.126 e. The molecule has 0 amide bonds. The molecule has 0 aromatic heterocycles. The first kappa shape index (κ1) is 12.9. The summed E-state index contributed by atoms with van der Waals surface area (Å²) in [6.45, 7) is 0. The van der Waals surface area contributed by atoms with Gasteiger partial charge in [0, 0.05) is 5.56 Å². The van der Waals surface area contributed by atoms with Crippen LogP contribution in [0.15, 0.2) is 18.2 Å². The Balaban J connectivity index is 2.31. The molecular formula is C13H15ClO2P-. The van der Waals surface area contributed by atoms with Crippen molar-refractivity contribution in [1.82, 2.24) is 0 Å². The largest absolute Gasteiger partial charge is 0.823 e. The average Bonchev–Trinajstić information content (AvgIpc) is 2.81. The molecule has 2 rings (SSSR count). The summed E-state index contributed by atoms with van der Waals surface area (Å²) in [6, 6.07) is 5.31. The van der Waals surface area contributed by atoms with Gasteiger partial charge in [-0.05, 0) is 30.6 Å². The second-order valence-corrected chi connectivity index (χ2v) is 5.99. The summed E-state index contributed by atoms with van der Waals surface area (Å²) in [7, 11) is 2.43. The molecule has 1 aromatic rings. The highest BCUT2D eigenvalue weighted by atomic mass is 35.5. The van der Waals surface area contributed by atoms with Crippen molar-refractivity contribution in [2.24, 2.45) is 0 Å². The molecule has 4 heteroatoms. The Morgan fingerprint density at radius 1 is 1.41 bits per heavy atom. The fourth-order valence-corrected chi connectivity index (χ4v) is 3.78. The van der Waals surface area contributed by atoms with Crippen molar-refractivity contribution in [3.8, 4) is 5.75 Å². The highest BCUT2D eigenvalue weighted by Crippen LogP contribution is 2.33. The van der Waals surface area contributed by atoms with E-state index in [2.05, 4.69) is 0 Å². The minimum absolute atomic E-state index is 0.0827. The molecule has 1 fully saturated rings. The molecule has 0 atom stereocenters. The van der Waals surface area contributed by atoms with Crippen LogP contribution in [-0.2, 0) is 0 Å². The molecule has 0 heterocycles. The van der Waals surface area contributed by atoms with Gasteiger partial charge in [0.1, 0.15) is 5.75 Å². The van der Waals surface area contributed by atoms with Gasteiger partial charge in [0.2, 0.25) is 0 Å². The lowest BCUT2D eigenvalue weighted by Gasteiger charge is -2.19. The number of ether oxygens (including phenoxy) is 1. The zero-order valence-corrected chi connectivity index (χ0v) is 11.4. The molecule has 1 aliphatic rings. The molecule has 0 unspecified atom stereocenters. The molecule has 0 spiro atoms. The summed E-state index contributed by atoms with van der Waals surface area (Å²) in [5.74, 6) is 0.577. The van der Waals surface area contributed by atoms with E-state index >= 15 is 0 Å². The second kappa shape index (κ2) is 5.86. The summed E-state index contributed by atoms with van der Waals surface area (Å²) in [4.78, 5) is 0. The van der Waals surface area contributed by atoms with E-state index in [0.717, 1.165) is 21.0 Å².